The van der Waals surface area contributed by atoms with Gasteiger partial charge < -0.3 is 4.90 Å². The molecule has 1 saturated carbocycles. The largest absolute Gasteiger partial charge is 0.329 e. The molecule has 0 bridgehead atoms. The molecule has 0 unspecified atom stereocenters. The van der Waals surface area contributed by atoms with Gasteiger partial charge in [-0.2, -0.15) is 0 Å². The normalized spacial score (nSPS) is 12.8. The minimum atomic E-state index is -0.330. The number of carbonyl (C=O) groups excluding carboxylic acids is 2. The Balaban J connectivity index is 1.42. The molecule has 3 aromatic carbocycles. The quantitative estimate of drug-likeness (QED) is 0.276. The number of nitrogens with zero attached hydrogens (tertiary/aromatic N) is 3. The lowest BCUT2D eigenvalue weighted by atomic mass is 10.2. The monoisotopic (exact) mass is 532 g/mol. The Morgan fingerprint density at radius 1 is 1.03 bits per heavy atom. The zero-order chi connectivity index (χ0) is 25.9. The van der Waals surface area contributed by atoms with Crippen LogP contribution >= 0.6 is 23.2 Å². The van der Waals surface area contributed by atoms with Crippen molar-refractivity contribution in [3.05, 3.63) is 100 Å². The highest BCUT2D eigenvalue weighted by atomic mass is 35.5. The Kier molecular flexibility index (Phi) is 7.31. The molecule has 1 aromatic heterocycles. The number of rotatable bonds is 8. The lowest BCUT2D eigenvalue weighted by Gasteiger charge is -2.22. The Morgan fingerprint density at radius 2 is 1.78 bits per heavy atom. The van der Waals surface area contributed by atoms with E-state index in [4.69, 9.17) is 28.2 Å². The lowest BCUT2D eigenvalue weighted by molar-refractivity contribution is -0.117. The van der Waals surface area contributed by atoms with Crippen LogP contribution in [-0.2, 0) is 4.79 Å². The summed E-state index contributed by atoms with van der Waals surface area (Å²) in [6.45, 7) is 2.42. The van der Waals surface area contributed by atoms with E-state index in [0.29, 0.717) is 39.7 Å². The molecule has 5 rings (SSSR count). The summed E-state index contributed by atoms with van der Waals surface area (Å²) in [7, 11) is 0. The third-order valence-electron chi connectivity index (χ3n) is 6.28. The summed E-state index contributed by atoms with van der Waals surface area (Å²) in [5, 5.41) is 3.94. The number of imidazole rings is 1. The van der Waals surface area contributed by atoms with Gasteiger partial charge in [-0.15, -0.1) is 0 Å². The van der Waals surface area contributed by atoms with Crippen molar-refractivity contribution in [1.82, 2.24) is 14.5 Å². The maximum Gasteiger partial charge on any atom is 0.255 e. The average Bonchev–Trinajstić information content (AvgIpc) is 3.61. The average molecular weight is 533 g/mol. The van der Waals surface area contributed by atoms with Gasteiger partial charge in [-0.05, 0) is 67.6 Å². The van der Waals surface area contributed by atoms with Gasteiger partial charge in [-0.1, -0.05) is 59.6 Å². The number of aryl methyl sites for hydroxylation is 1. The summed E-state index contributed by atoms with van der Waals surface area (Å²) in [5.41, 5.74) is 3.90. The molecule has 37 heavy (non-hydrogen) atoms. The molecule has 4 aromatic rings. The first-order valence-corrected chi connectivity index (χ1v) is 12.9. The van der Waals surface area contributed by atoms with E-state index in [0.717, 1.165) is 29.7 Å². The number of hydrogen-bond acceptors (Lipinski definition) is 3. The Morgan fingerprint density at radius 3 is 2.49 bits per heavy atom. The zero-order valence-corrected chi connectivity index (χ0v) is 21.8. The highest BCUT2D eigenvalue weighted by molar-refractivity contribution is 6.33. The number of nitrogens with one attached hydrogen (secondary N) is 1. The fourth-order valence-electron chi connectivity index (χ4n) is 4.18. The number of aromatic nitrogens is 2. The molecule has 8 heteroatoms. The minimum absolute atomic E-state index is 0.0997. The fraction of sp³-hybridized carbons (Fsp3) is 0.207. The lowest BCUT2D eigenvalue weighted by Crippen LogP contribution is -2.39. The second-order valence-corrected chi connectivity index (χ2v) is 10.2. The van der Waals surface area contributed by atoms with Gasteiger partial charge >= 0.3 is 0 Å². The highest BCUT2D eigenvalue weighted by Gasteiger charge is 2.29. The van der Waals surface area contributed by atoms with Gasteiger partial charge in [0.25, 0.3) is 5.91 Å². The number of amides is 2. The van der Waals surface area contributed by atoms with E-state index in [1.54, 1.807) is 41.3 Å². The zero-order valence-electron chi connectivity index (χ0n) is 20.3. The van der Waals surface area contributed by atoms with Crippen LogP contribution in [0.5, 0.6) is 0 Å². The Hall–Kier alpha value is -3.61. The molecule has 0 spiro atoms. The number of anilines is 1. The SMILES string of the molecule is Cc1cccc(-n2cc(-c3ccc(Cl)cc3)nc2NC(=O)CN(CC2CC2)C(=O)c2ccccc2Cl)c1. The molecule has 1 fully saturated rings. The van der Waals surface area contributed by atoms with Crippen molar-refractivity contribution in [2.75, 3.05) is 18.4 Å². The van der Waals surface area contributed by atoms with Crippen molar-refractivity contribution in [3.8, 4) is 16.9 Å². The molecule has 6 nitrogen and oxygen atoms in total. The molecule has 1 heterocycles. The third kappa shape index (κ3) is 6.04. The van der Waals surface area contributed by atoms with E-state index in [2.05, 4.69) is 5.32 Å². The molecule has 2 amide bonds. The van der Waals surface area contributed by atoms with E-state index in [9.17, 15) is 9.59 Å². The second-order valence-electron chi connectivity index (χ2n) is 9.32. The topological polar surface area (TPSA) is 67.2 Å². The van der Waals surface area contributed by atoms with Crippen LogP contribution in [0, 0.1) is 12.8 Å². The number of carbonyl (C=O) groups is 2. The van der Waals surface area contributed by atoms with E-state index >= 15 is 0 Å². The first-order valence-electron chi connectivity index (χ1n) is 12.1. The first-order chi connectivity index (χ1) is 17.9. The third-order valence-corrected chi connectivity index (χ3v) is 6.86. The fourth-order valence-corrected chi connectivity index (χ4v) is 4.52. The van der Waals surface area contributed by atoms with E-state index in [1.807, 2.05) is 54.1 Å². The first kappa shape index (κ1) is 25.1. The number of benzene rings is 3. The van der Waals surface area contributed by atoms with Crippen LogP contribution in [-0.4, -0.2) is 39.4 Å². The molecule has 188 valence electrons. The molecular weight excluding hydrogens is 507 g/mol. The summed E-state index contributed by atoms with van der Waals surface area (Å²) in [6, 6.07) is 22.2. The highest BCUT2D eigenvalue weighted by Crippen LogP contribution is 2.31. The van der Waals surface area contributed by atoms with Crippen LogP contribution < -0.4 is 5.32 Å². The minimum Gasteiger partial charge on any atom is -0.329 e. The summed E-state index contributed by atoms with van der Waals surface area (Å²) < 4.78 is 1.84. The van der Waals surface area contributed by atoms with Gasteiger partial charge in [0, 0.05) is 29.0 Å². The molecule has 0 saturated heterocycles. The smallest absolute Gasteiger partial charge is 0.255 e. The summed E-state index contributed by atoms with van der Waals surface area (Å²) in [4.78, 5) is 32.9. The van der Waals surface area contributed by atoms with Crippen molar-refractivity contribution >= 4 is 41.0 Å². The predicted octanol–water partition coefficient (Wildman–Crippen LogP) is 6.65. The van der Waals surface area contributed by atoms with Gasteiger partial charge in [-0.3, -0.25) is 19.5 Å². The van der Waals surface area contributed by atoms with E-state index in [1.165, 1.54) is 0 Å². The number of hydrogen-bond donors (Lipinski definition) is 1. The van der Waals surface area contributed by atoms with Gasteiger partial charge in [0.2, 0.25) is 11.9 Å². The van der Waals surface area contributed by atoms with Crippen molar-refractivity contribution < 1.29 is 9.59 Å². The van der Waals surface area contributed by atoms with Gasteiger partial charge in [0.15, 0.2) is 0 Å². The Labute approximate surface area is 225 Å². The number of halogens is 2. The van der Waals surface area contributed by atoms with Gasteiger partial charge in [0.1, 0.15) is 6.54 Å². The van der Waals surface area contributed by atoms with Crippen LogP contribution in [0.1, 0.15) is 28.8 Å². The Bertz CT molecular complexity index is 1440. The molecule has 0 atom stereocenters. The van der Waals surface area contributed by atoms with Crippen LogP contribution in [0.25, 0.3) is 16.9 Å². The maximum atomic E-state index is 13.3. The predicted molar refractivity (Wildman–Crippen MR) is 147 cm³/mol. The molecule has 1 aliphatic rings. The van der Waals surface area contributed by atoms with Crippen molar-refractivity contribution in [2.24, 2.45) is 5.92 Å². The standard InChI is InChI=1S/C29H26Cl2N4O2/c1-19-5-4-6-23(15-19)35-17-26(21-11-13-22(30)14-12-21)32-29(35)33-27(36)18-34(16-20-9-10-20)28(37)24-7-2-3-8-25(24)31/h2-8,11-15,17,20H,9-10,16,18H2,1H3,(H,32,33,36). The van der Waals surface area contributed by atoms with Crippen molar-refractivity contribution in [3.63, 3.8) is 0 Å². The summed E-state index contributed by atoms with van der Waals surface area (Å²) >= 11 is 12.3. The summed E-state index contributed by atoms with van der Waals surface area (Å²) in [5.74, 6) is 0.196. The van der Waals surface area contributed by atoms with Gasteiger partial charge in [0.05, 0.1) is 16.3 Å². The maximum absolute atomic E-state index is 13.3. The molecular formula is C29H26Cl2N4O2. The molecule has 0 radical (unpaired) electrons. The van der Waals surface area contributed by atoms with Crippen LogP contribution in [0.15, 0.2) is 79.0 Å². The van der Waals surface area contributed by atoms with Crippen molar-refractivity contribution in [1.29, 1.82) is 0 Å². The molecule has 1 aliphatic carbocycles. The molecule has 1 N–H and O–H groups in total. The molecule has 0 aliphatic heterocycles. The van der Waals surface area contributed by atoms with Crippen LogP contribution in [0.3, 0.4) is 0 Å². The van der Waals surface area contributed by atoms with Gasteiger partial charge in [-0.25, -0.2) is 4.98 Å². The second kappa shape index (κ2) is 10.8. The van der Waals surface area contributed by atoms with Crippen LogP contribution in [0.2, 0.25) is 10.0 Å². The van der Waals surface area contributed by atoms with E-state index < -0.39 is 0 Å². The van der Waals surface area contributed by atoms with Crippen LogP contribution in [0.4, 0.5) is 5.95 Å². The summed E-state index contributed by atoms with van der Waals surface area (Å²) in [6.07, 6.45) is 3.98. The van der Waals surface area contributed by atoms with E-state index in [-0.39, 0.29) is 18.4 Å². The van der Waals surface area contributed by atoms with Crippen molar-refractivity contribution in [2.45, 2.75) is 19.8 Å².